The van der Waals surface area contributed by atoms with Crippen LogP contribution in [0.1, 0.15) is 31.0 Å². The van der Waals surface area contributed by atoms with Crippen LogP contribution in [0, 0.1) is 0 Å². The molecular weight excluding hydrogens is 278 g/mol. The molecule has 2 aromatic rings. The topological polar surface area (TPSA) is 29.1 Å². The molecule has 3 heteroatoms. The molecular formula is C18H21NOS. The van der Waals surface area contributed by atoms with Gasteiger partial charge in [-0.05, 0) is 36.6 Å². The van der Waals surface area contributed by atoms with Gasteiger partial charge in [0.25, 0.3) is 0 Å². The Hall–Kier alpha value is -1.74. The van der Waals surface area contributed by atoms with E-state index in [1.165, 1.54) is 5.56 Å². The molecule has 2 nitrogen and oxygen atoms in total. The van der Waals surface area contributed by atoms with Crippen molar-refractivity contribution in [2.24, 2.45) is 0 Å². The first-order valence-electron chi connectivity index (χ1n) is 7.25. The van der Waals surface area contributed by atoms with Gasteiger partial charge in [0.1, 0.15) is 0 Å². The molecule has 0 fully saturated rings. The molecule has 0 saturated carbocycles. The minimum atomic E-state index is 0.0415. The fraction of sp³-hybridized carbons (Fsp3) is 0.278. The normalized spacial score (nSPS) is 11.9. The predicted octanol–water partition coefficient (Wildman–Crippen LogP) is 4.22. The van der Waals surface area contributed by atoms with Gasteiger partial charge < -0.3 is 5.32 Å². The summed E-state index contributed by atoms with van der Waals surface area (Å²) in [6, 6.07) is 18.5. The minimum absolute atomic E-state index is 0.0415. The van der Waals surface area contributed by atoms with Crippen LogP contribution in [0.2, 0.25) is 0 Å². The van der Waals surface area contributed by atoms with Gasteiger partial charge in [0.05, 0.1) is 11.8 Å². The number of thioether (sulfide) groups is 1. The third-order valence-corrected chi connectivity index (χ3v) is 4.39. The summed E-state index contributed by atoms with van der Waals surface area (Å²) in [5.74, 6) is 0.511. The highest BCUT2D eigenvalue weighted by molar-refractivity contribution is 8.00. The highest BCUT2D eigenvalue weighted by Gasteiger charge is 2.09. The Kier molecular flexibility index (Phi) is 5.88. The summed E-state index contributed by atoms with van der Waals surface area (Å²) < 4.78 is 0. The van der Waals surface area contributed by atoms with E-state index in [1.807, 2.05) is 37.3 Å². The van der Waals surface area contributed by atoms with Gasteiger partial charge in [0, 0.05) is 4.90 Å². The zero-order chi connectivity index (χ0) is 15.1. The minimum Gasteiger partial charge on any atom is -0.349 e. The second-order valence-electron chi connectivity index (χ2n) is 4.99. The first kappa shape index (κ1) is 15.6. The van der Waals surface area contributed by atoms with Crippen molar-refractivity contribution >= 4 is 17.7 Å². The molecule has 0 unspecified atom stereocenters. The number of amides is 1. The van der Waals surface area contributed by atoms with E-state index in [2.05, 4.69) is 36.5 Å². The van der Waals surface area contributed by atoms with Gasteiger partial charge >= 0.3 is 0 Å². The fourth-order valence-electron chi connectivity index (χ4n) is 2.07. The molecule has 1 atom stereocenters. The first-order chi connectivity index (χ1) is 10.2. The van der Waals surface area contributed by atoms with E-state index in [-0.39, 0.29) is 11.9 Å². The Morgan fingerprint density at radius 2 is 1.76 bits per heavy atom. The number of benzene rings is 2. The molecule has 0 spiro atoms. The SMILES string of the molecule is CCc1ccc([C@@H](C)NC(=O)CSc2ccccc2)cc1. The molecule has 0 bridgehead atoms. The van der Waals surface area contributed by atoms with E-state index >= 15 is 0 Å². The van der Waals surface area contributed by atoms with Gasteiger partial charge in [-0.1, -0.05) is 49.4 Å². The predicted molar refractivity (Wildman–Crippen MR) is 89.5 cm³/mol. The molecule has 0 aliphatic rings. The Balaban J connectivity index is 1.83. The summed E-state index contributed by atoms with van der Waals surface area (Å²) in [4.78, 5) is 13.1. The summed E-state index contributed by atoms with van der Waals surface area (Å²) >= 11 is 1.56. The molecule has 0 aliphatic heterocycles. The lowest BCUT2D eigenvalue weighted by molar-refractivity contribution is -0.119. The lowest BCUT2D eigenvalue weighted by atomic mass is 10.1. The third-order valence-electron chi connectivity index (χ3n) is 3.38. The van der Waals surface area contributed by atoms with Crippen molar-refractivity contribution in [1.82, 2.24) is 5.32 Å². The number of aryl methyl sites for hydroxylation is 1. The van der Waals surface area contributed by atoms with Crippen LogP contribution in [0.15, 0.2) is 59.5 Å². The lowest BCUT2D eigenvalue weighted by Crippen LogP contribution is -2.28. The molecule has 0 saturated heterocycles. The van der Waals surface area contributed by atoms with Crippen LogP contribution in [0.4, 0.5) is 0 Å². The second-order valence-corrected chi connectivity index (χ2v) is 6.03. The number of carbonyl (C=O) groups is 1. The molecule has 110 valence electrons. The highest BCUT2D eigenvalue weighted by Crippen LogP contribution is 2.18. The largest absolute Gasteiger partial charge is 0.349 e. The quantitative estimate of drug-likeness (QED) is 0.809. The summed E-state index contributed by atoms with van der Waals surface area (Å²) in [5.41, 5.74) is 2.46. The zero-order valence-corrected chi connectivity index (χ0v) is 13.3. The van der Waals surface area contributed by atoms with Gasteiger partial charge in [-0.15, -0.1) is 11.8 Å². The second kappa shape index (κ2) is 7.89. The fourth-order valence-corrected chi connectivity index (χ4v) is 2.80. The van der Waals surface area contributed by atoms with Crippen LogP contribution >= 0.6 is 11.8 Å². The average Bonchev–Trinajstić information content (AvgIpc) is 2.54. The number of rotatable bonds is 6. The first-order valence-corrected chi connectivity index (χ1v) is 8.23. The van der Waals surface area contributed by atoms with E-state index in [1.54, 1.807) is 11.8 Å². The maximum absolute atomic E-state index is 12.0. The van der Waals surface area contributed by atoms with E-state index in [4.69, 9.17) is 0 Å². The molecule has 2 aromatic carbocycles. The van der Waals surface area contributed by atoms with Crippen molar-refractivity contribution in [1.29, 1.82) is 0 Å². The van der Waals surface area contributed by atoms with E-state index < -0.39 is 0 Å². The van der Waals surface area contributed by atoms with Crippen LogP contribution in [-0.2, 0) is 11.2 Å². The van der Waals surface area contributed by atoms with Crippen molar-refractivity contribution in [2.45, 2.75) is 31.2 Å². The van der Waals surface area contributed by atoms with Gasteiger partial charge in [-0.2, -0.15) is 0 Å². The molecule has 0 heterocycles. The Bertz CT molecular complexity index is 566. The molecule has 21 heavy (non-hydrogen) atoms. The molecule has 0 aliphatic carbocycles. The molecule has 0 radical (unpaired) electrons. The summed E-state index contributed by atoms with van der Waals surface area (Å²) in [6.45, 7) is 4.16. The van der Waals surface area contributed by atoms with E-state index in [9.17, 15) is 4.79 Å². The van der Waals surface area contributed by atoms with Crippen molar-refractivity contribution in [3.63, 3.8) is 0 Å². The summed E-state index contributed by atoms with van der Waals surface area (Å²) in [7, 11) is 0. The molecule has 1 amide bonds. The average molecular weight is 299 g/mol. The molecule has 2 rings (SSSR count). The monoisotopic (exact) mass is 299 g/mol. The molecule has 1 N–H and O–H groups in total. The highest BCUT2D eigenvalue weighted by atomic mass is 32.2. The van der Waals surface area contributed by atoms with Crippen LogP contribution in [0.3, 0.4) is 0 Å². The number of carbonyl (C=O) groups excluding carboxylic acids is 1. The molecule has 0 aromatic heterocycles. The van der Waals surface area contributed by atoms with Gasteiger partial charge in [-0.25, -0.2) is 0 Å². The number of nitrogens with one attached hydrogen (secondary N) is 1. The smallest absolute Gasteiger partial charge is 0.230 e. The van der Waals surface area contributed by atoms with Crippen molar-refractivity contribution in [2.75, 3.05) is 5.75 Å². The maximum Gasteiger partial charge on any atom is 0.230 e. The Labute approximate surface area is 131 Å². The number of hydrogen-bond acceptors (Lipinski definition) is 2. The van der Waals surface area contributed by atoms with E-state index in [0.717, 1.165) is 16.9 Å². The van der Waals surface area contributed by atoms with Crippen LogP contribution < -0.4 is 5.32 Å². The van der Waals surface area contributed by atoms with Crippen LogP contribution in [-0.4, -0.2) is 11.7 Å². The third kappa shape index (κ3) is 4.94. The van der Waals surface area contributed by atoms with Gasteiger partial charge in [-0.3, -0.25) is 4.79 Å². The van der Waals surface area contributed by atoms with E-state index in [0.29, 0.717) is 5.75 Å². The van der Waals surface area contributed by atoms with Gasteiger partial charge in [0.2, 0.25) is 5.91 Å². The zero-order valence-electron chi connectivity index (χ0n) is 12.5. The lowest BCUT2D eigenvalue weighted by Gasteiger charge is -2.14. The van der Waals surface area contributed by atoms with Crippen molar-refractivity contribution in [3.05, 3.63) is 65.7 Å². The Morgan fingerprint density at radius 1 is 1.10 bits per heavy atom. The van der Waals surface area contributed by atoms with Crippen molar-refractivity contribution in [3.8, 4) is 0 Å². The van der Waals surface area contributed by atoms with Crippen molar-refractivity contribution < 1.29 is 4.79 Å². The van der Waals surface area contributed by atoms with Crippen LogP contribution in [0.5, 0.6) is 0 Å². The Morgan fingerprint density at radius 3 is 2.38 bits per heavy atom. The van der Waals surface area contributed by atoms with Crippen LogP contribution in [0.25, 0.3) is 0 Å². The number of hydrogen-bond donors (Lipinski definition) is 1. The standard InChI is InChI=1S/C18H21NOS/c1-3-15-9-11-16(12-10-15)14(2)19-18(20)13-21-17-7-5-4-6-8-17/h4-12,14H,3,13H2,1-2H3,(H,19,20)/t14-/m1/s1. The summed E-state index contributed by atoms with van der Waals surface area (Å²) in [6.07, 6.45) is 1.04. The van der Waals surface area contributed by atoms with Gasteiger partial charge in [0.15, 0.2) is 0 Å². The maximum atomic E-state index is 12.0. The summed E-state index contributed by atoms with van der Waals surface area (Å²) in [5, 5.41) is 3.04.